The zero-order chi connectivity index (χ0) is 32.9. The van der Waals surface area contributed by atoms with Gasteiger partial charge < -0.3 is 10.1 Å². The number of aliphatic hydroxyl groups is 1. The Morgan fingerprint density at radius 3 is 1.71 bits per heavy atom. The minimum Gasteiger partial charge on any atom is -0.371 e. The molecule has 0 bridgehead atoms. The van der Waals surface area contributed by atoms with E-state index < -0.39 is 65.8 Å². The van der Waals surface area contributed by atoms with Crippen LogP contribution in [0.15, 0.2) is 91.1 Å². The third-order valence-electron chi connectivity index (χ3n) is 6.03. The predicted octanol–water partition coefficient (Wildman–Crippen LogP) is 7.32. The number of nitro groups is 1. The summed E-state index contributed by atoms with van der Waals surface area (Å²) < 4.78 is 129. The molecule has 0 atom stereocenters. The zero-order valence-electron chi connectivity index (χ0n) is 22.1. The van der Waals surface area contributed by atoms with Gasteiger partial charge in [0, 0.05) is 38.2 Å². The number of hydrogen-bond acceptors (Lipinski definition) is 4. The van der Waals surface area contributed by atoms with Crippen LogP contribution in [0.4, 0.5) is 49.6 Å². The molecule has 0 unspecified atom stereocenters. The molecule has 1 heterocycles. The first-order valence-corrected chi connectivity index (χ1v) is 13.8. The number of alkyl halides is 9. The summed E-state index contributed by atoms with van der Waals surface area (Å²) in [5, 5.41) is 20.9. The molecular formula is C28H19F10IrN2O3P. The third kappa shape index (κ3) is 9.29. The van der Waals surface area contributed by atoms with Gasteiger partial charge in [0.1, 0.15) is 6.16 Å². The Morgan fingerprint density at radius 1 is 0.800 bits per heavy atom. The Labute approximate surface area is 263 Å². The Morgan fingerprint density at radius 2 is 1.29 bits per heavy atom. The summed E-state index contributed by atoms with van der Waals surface area (Å²) in [5.74, 6) is -0.994. The molecular weight excluding hydrogens is 825 g/mol. The van der Waals surface area contributed by atoms with Crippen molar-refractivity contribution in [3.63, 3.8) is 0 Å². The molecule has 3 aromatic carbocycles. The summed E-state index contributed by atoms with van der Waals surface area (Å²) in [7, 11) is -2.51. The van der Waals surface area contributed by atoms with Crippen LogP contribution in [0, 0.1) is 22.0 Å². The van der Waals surface area contributed by atoms with Gasteiger partial charge in [0.15, 0.2) is 0 Å². The van der Waals surface area contributed by atoms with Crippen molar-refractivity contribution in [2.45, 2.75) is 24.1 Å². The van der Waals surface area contributed by atoms with E-state index in [-0.39, 0.29) is 25.8 Å². The molecule has 0 amide bonds. The van der Waals surface area contributed by atoms with Gasteiger partial charge in [-0.15, -0.1) is 18.2 Å². The Bertz CT molecular complexity index is 1520. The topological polar surface area (TPSA) is 76.3 Å². The summed E-state index contributed by atoms with van der Waals surface area (Å²) in [6, 6.07) is 20.3. The smallest absolute Gasteiger partial charge is 0.371 e. The van der Waals surface area contributed by atoms with Crippen LogP contribution in [0.25, 0.3) is 11.3 Å². The van der Waals surface area contributed by atoms with Crippen LogP contribution >= 0.6 is 7.92 Å². The standard InChI is InChI=1S/C16H13F6OP.C12H5F4N2O2.Ir/c17-15(18,19)14(23,16(20,21)22)11-24(12-7-3-1-4-8-12)13-9-5-2-6-10-13;13-10-2-1-7(12(14,15)16)5-9(10)11-6-8(18(19)20)3-4-17-11;/h1-10,23H,11H2;1-4,6H;/q;-1;/p+1. The molecule has 1 radical (unpaired) electrons. The minimum absolute atomic E-state index is 0. The van der Waals surface area contributed by atoms with Gasteiger partial charge in [-0.1, -0.05) is 42.0 Å². The van der Waals surface area contributed by atoms with Gasteiger partial charge >= 0.3 is 18.5 Å². The fourth-order valence-electron chi connectivity index (χ4n) is 3.76. The summed E-state index contributed by atoms with van der Waals surface area (Å²) in [6.07, 6.45) is -16.8. The van der Waals surface area contributed by atoms with Crippen molar-refractivity contribution >= 4 is 24.2 Å². The summed E-state index contributed by atoms with van der Waals surface area (Å²) in [4.78, 5) is 13.5. The van der Waals surface area contributed by atoms with E-state index >= 15 is 0 Å². The fraction of sp³-hybridized carbons (Fsp3) is 0.179. The van der Waals surface area contributed by atoms with Gasteiger partial charge in [-0.3, -0.25) is 14.5 Å². The van der Waals surface area contributed by atoms with Crippen LogP contribution in [0.1, 0.15) is 5.56 Å². The summed E-state index contributed by atoms with van der Waals surface area (Å²) in [5.41, 5.74) is -7.19. The van der Waals surface area contributed by atoms with Crippen molar-refractivity contribution in [3.8, 4) is 11.3 Å². The Balaban J connectivity index is 0.000000311. The number of nitrogens with zero attached hydrogens (tertiary/aromatic N) is 2. The molecule has 4 aromatic rings. The molecule has 0 aliphatic rings. The predicted molar refractivity (Wildman–Crippen MR) is 143 cm³/mol. The van der Waals surface area contributed by atoms with Gasteiger partial charge in [-0.05, 0) is 41.6 Å². The van der Waals surface area contributed by atoms with E-state index in [0.29, 0.717) is 22.7 Å². The van der Waals surface area contributed by atoms with Crippen molar-refractivity contribution in [3.05, 3.63) is 119 Å². The van der Waals surface area contributed by atoms with Gasteiger partial charge in [0.25, 0.3) is 11.3 Å². The molecule has 0 aliphatic heterocycles. The molecule has 0 spiro atoms. The van der Waals surface area contributed by atoms with Crippen molar-refractivity contribution in [2.24, 2.45) is 0 Å². The molecule has 45 heavy (non-hydrogen) atoms. The van der Waals surface area contributed by atoms with Crippen LogP contribution in [-0.2, 0) is 26.3 Å². The van der Waals surface area contributed by atoms with Crippen LogP contribution in [0.3, 0.4) is 0 Å². The molecule has 0 saturated heterocycles. The average Bonchev–Trinajstić information content (AvgIpc) is 2.95. The molecule has 0 fully saturated rings. The molecule has 17 heteroatoms. The van der Waals surface area contributed by atoms with Crippen molar-refractivity contribution in [1.82, 2.24) is 4.98 Å². The number of benzene rings is 3. The van der Waals surface area contributed by atoms with Crippen LogP contribution < -0.4 is 10.6 Å². The van der Waals surface area contributed by atoms with E-state index in [1.807, 2.05) is 6.07 Å². The third-order valence-corrected chi connectivity index (χ3v) is 8.95. The first-order chi connectivity index (χ1) is 20.3. The quantitative estimate of drug-likeness (QED) is 0.0727. The molecule has 0 aliphatic carbocycles. The maximum Gasteiger partial charge on any atom is 0.430 e. The maximum atomic E-state index is 13.6. The summed E-state index contributed by atoms with van der Waals surface area (Å²) in [6.45, 7) is 0. The van der Waals surface area contributed by atoms with E-state index in [1.165, 1.54) is 24.3 Å². The molecule has 4 rings (SSSR count). The van der Waals surface area contributed by atoms with Crippen LogP contribution in [-0.4, -0.2) is 39.1 Å². The zero-order valence-corrected chi connectivity index (χ0v) is 25.5. The second kappa shape index (κ2) is 14.8. The van der Waals surface area contributed by atoms with Crippen LogP contribution in [0.5, 0.6) is 0 Å². The molecule has 5 nitrogen and oxygen atoms in total. The fourth-order valence-corrected chi connectivity index (χ4v) is 6.61. The SMILES string of the molecule is O=[N+]([O-])c1ccnc(-c2[c-]c(C(F)(F)F)ccc2F)c1.OC(C[PH+](c1ccccc1)c1ccccc1)(C(F)(F)F)C(F)(F)F.[Ir]. The second-order valence-electron chi connectivity index (χ2n) is 8.99. The minimum atomic E-state index is -5.81. The summed E-state index contributed by atoms with van der Waals surface area (Å²) >= 11 is 0. The van der Waals surface area contributed by atoms with E-state index in [0.717, 1.165) is 18.3 Å². The van der Waals surface area contributed by atoms with Crippen LogP contribution in [0.2, 0.25) is 0 Å². The number of aromatic nitrogens is 1. The number of rotatable bonds is 6. The molecule has 0 saturated carbocycles. The largest absolute Gasteiger partial charge is 0.430 e. The van der Waals surface area contributed by atoms with Gasteiger partial charge in [-0.2, -0.15) is 39.5 Å². The molecule has 243 valence electrons. The van der Waals surface area contributed by atoms with E-state index in [4.69, 9.17) is 0 Å². The Hall–Kier alpha value is -3.45. The Kier molecular flexibility index (Phi) is 12.4. The second-order valence-corrected chi connectivity index (χ2v) is 11.5. The van der Waals surface area contributed by atoms with E-state index in [1.54, 1.807) is 36.4 Å². The monoisotopic (exact) mass is 845 g/mol. The number of pyridine rings is 1. The van der Waals surface area contributed by atoms with E-state index in [9.17, 15) is 59.1 Å². The van der Waals surface area contributed by atoms with Crippen molar-refractivity contribution in [2.75, 3.05) is 6.16 Å². The maximum absolute atomic E-state index is 13.6. The number of halogens is 10. The van der Waals surface area contributed by atoms with Gasteiger partial charge in [0.2, 0.25) is 0 Å². The van der Waals surface area contributed by atoms with Gasteiger partial charge in [-0.25, -0.2) is 0 Å². The molecule has 1 aromatic heterocycles. The first kappa shape index (κ1) is 37.7. The van der Waals surface area contributed by atoms with Crippen molar-refractivity contribution < 1.29 is 74.0 Å². The normalized spacial score (nSPS) is 12.2. The number of hydrogen-bond donors (Lipinski definition) is 1. The van der Waals surface area contributed by atoms with Crippen molar-refractivity contribution in [1.29, 1.82) is 0 Å². The molecule has 1 N–H and O–H groups in total. The van der Waals surface area contributed by atoms with E-state index in [2.05, 4.69) is 4.98 Å². The average molecular weight is 845 g/mol. The first-order valence-electron chi connectivity index (χ1n) is 12.1. The van der Waals surface area contributed by atoms with Gasteiger partial charge in [0.05, 0.1) is 23.5 Å².